The van der Waals surface area contributed by atoms with Gasteiger partial charge in [-0.2, -0.15) is 0 Å². The summed E-state index contributed by atoms with van der Waals surface area (Å²) >= 11 is 0. The lowest BCUT2D eigenvalue weighted by molar-refractivity contribution is 0.0645. The van der Waals surface area contributed by atoms with Gasteiger partial charge in [-0.1, -0.05) is 20.8 Å². The van der Waals surface area contributed by atoms with Gasteiger partial charge in [-0.05, 0) is 24.7 Å². The van der Waals surface area contributed by atoms with Crippen molar-refractivity contribution in [1.82, 2.24) is 13.9 Å². The summed E-state index contributed by atoms with van der Waals surface area (Å²) < 4.78 is 28.5. The molecule has 0 saturated carbocycles. The number of imidazole rings is 1. The van der Waals surface area contributed by atoms with Crippen LogP contribution in [0.4, 0.5) is 0 Å². The van der Waals surface area contributed by atoms with E-state index in [-0.39, 0.29) is 17.1 Å². The van der Waals surface area contributed by atoms with Crippen LogP contribution in [-0.2, 0) is 17.1 Å². The Bertz CT molecular complexity index is 619. The quantitative estimate of drug-likeness (QED) is 0.886. The van der Waals surface area contributed by atoms with Crippen LogP contribution >= 0.6 is 0 Å². The van der Waals surface area contributed by atoms with E-state index in [4.69, 9.17) is 0 Å². The van der Waals surface area contributed by atoms with E-state index in [0.29, 0.717) is 25.3 Å². The first-order chi connectivity index (χ1) is 10.6. The Balaban J connectivity index is 2.04. The number of sulfonamides is 1. The minimum atomic E-state index is -3.27. The van der Waals surface area contributed by atoms with Crippen molar-refractivity contribution >= 4 is 10.0 Å². The Kier molecular flexibility index (Phi) is 5.53. The molecule has 0 aromatic carbocycles. The van der Waals surface area contributed by atoms with Crippen molar-refractivity contribution in [2.75, 3.05) is 18.8 Å². The van der Waals surface area contributed by atoms with Gasteiger partial charge in [0.1, 0.15) is 11.9 Å². The van der Waals surface area contributed by atoms with Crippen LogP contribution < -0.4 is 0 Å². The first-order valence-electron chi connectivity index (χ1n) is 8.23. The topological polar surface area (TPSA) is 75.4 Å². The molecule has 7 heteroatoms. The van der Waals surface area contributed by atoms with Gasteiger partial charge in [0, 0.05) is 38.4 Å². The Hall–Kier alpha value is -0.920. The van der Waals surface area contributed by atoms with Gasteiger partial charge >= 0.3 is 0 Å². The molecule has 0 spiro atoms. The summed E-state index contributed by atoms with van der Waals surface area (Å²) in [6.07, 6.45) is 4.95. The van der Waals surface area contributed by atoms with Gasteiger partial charge in [0.2, 0.25) is 10.0 Å². The van der Waals surface area contributed by atoms with Crippen molar-refractivity contribution in [2.24, 2.45) is 18.4 Å². The van der Waals surface area contributed by atoms with Crippen LogP contribution in [0, 0.1) is 11.3 Å². The summed E-state index contributed by atoms with van der Waals surface area (Å²) in [5.74, 6) is 0.667. The number of aryl methyl sites for hydroxylation is 1. The average Bonchev–Trinajstić information content (AvgIpc) is 2.90. The fraction of sp³-hybridized carbons (Fsp3) is 0.812. The molecular formula is C16H29N3O3S. The highest BCUT2D eigenvalue weighted by atomic mass is 32.2. The smallest absolute Gasteiger partial charge is 0.214 e. The number of aliphatic hydroxyl groups excluding tert-OH is 1. The van der Waals surface area contributed by atoms with Crippen LogP contribution in [-0.4, -0.2) is 46.2 Å². The Morgan fingerprint density at radius 3 is 2.70 bits per heavy atom. The molecule has 1 aliphatic rings. The highest BCUT2D eigenvalue weighted by Crippen LogP contribution is 2.30. The van der Waals surface area contributed by atoms with Gasteiger partial charge in [-0.15, -0.1) is 0 Å². The van der Waals surface area contributed by atoms with Crippen molar-refractivity contribution in [3.05, 3.63) is 18.2 Å². The second-order valence-corrected chi connectivity index (χ2v) is 9.82. The molecule has 1 N–H and O–H groups in total. The molecule has 2 rings (SSSR count). The first-order valence-corrected chi connectivity index (χ1v) is 9.84. The number of hydrogen-bond acceptors (Lipinski definition) is 4. The van der Waals surface area contributed by atoms with E-state index in [0.717, 1.165) is 12.8 Å². The maximum absolute atomic E-state index is 12.6. The van der Waals surface area contributed by atoms with Crippen molar-refractivity contribution < 1.29 is 13.5 Å². The third-order valence-electron chi connectivity index (χ3n) is 4.49. The van der Waals surface area contributed by atoms with Crippen molar-refractivity contribution in [3.8, 4) is 0 Å². The molecule has 0 amide bonds. The SMILES string of the molecule is Cn1ccnc1C(O)C1CCCN(S(=O)(=O)CCC(C)(C)C)C1. The largest absolute Gasteiger partial charge is 0.385 e. The van der Waals surface area contributed by atoms with Gasteiger partial charge in [0.05, 0.1) is 5.75 Å². The normalized spacial score (nSPS) is 22.2. The maximum Gasteiger partial charge on any atom is 0.214 e. The second-order valence-electron chi connectivity index (χ2n) is 7.73. The van der Waals surface area contributed by atoms with Crippen molar-refractivity contribution in [1.29, 1.82) is 0 Å². The fourth-order valence-electron chi connectivity index (χ4n) is 2.92. The van der Waals surface area contributed by atoms with Crippen LogP contribution in [0.25, 0.3) is 0 Å². The van der Waals surface area contributed by atoms with E-state index in [1.54, 1.807) is 21.3 Å². The summed E-state index contributed by atoms with van der Waals surface area (Å²) in [5.41, 5.74) is -0.00523. The van der Waals surface area contributed by atoms with Gasteiger partial charge in [0.15, 0.2) is 0 Å². The van der Waals surface area contributed by atoms with Gasteiger partial charge in [-0.25, -0.2) is 17.7 Å². The van der Waals surface area contributed by atoms with Crippen LogP contribution in [0.15, 0.2) is 12.4 Å². The molecule has 6 nitrogen and oxygen atoms in total. The summed E-state index contributed by atoms with van der Waals surface area (Å²) in [6.45, 7) is 7.07. The van der Waals surface area contributed by atoms with Crippen molar-refractivity contribution in [3.63, 3.8) is 0 Å². The number of piperidine rings is 1. The molecule has 0 bridgehead atoms. The summed E-state index contributed by atoms with van der Waals surface area (Å²) in [4.78, 5) is 4.19. The molecule has 132 valence electrons. The number of nitrogens with zero attached hydrogens (tertiary/aromatic N) is 3. The van der Waals surface area contributed by atoms with Crippen molar-refractivity contribution in [2.45, 2.75) is 46.1 Å². The Morgan fingerprint density at radius 2 is 2.13 bits per heavy atom. The molecule has 1 aromatic rings. The molecule has 2 atom stereocenters. The highest BCUT2D eigenvalue weighted by Gasteiger charge is 2.34. The predicted molar refractivity (Wildman–Crippen MR) is 90.3 cm³/mol. The summed E-state index contributed by atoms with van der Waals surface area (Å²) in [7, 11) is -1.43. The molecule has 1 fully saturated rings. The summed E-state index contributed by atoms with van der Waals surface area (Å²) in [5, 5.41) is 10.6. The molecule has 1 aliphatic heterocycles. The number of rotatable bonds is 5. The average molecular weight is 343 g/mol. The van der Waals surface area contributed by atoms with Crippen LogP contribution in [0.3, 0.4) is 0 Å². The lowest BCUT2D eigenvalue weighted by Gasteiger charge is -2.34. The zero-order valence-corrected chi connectivity index (χ0v) is 15.4. The van der Waals surface area contributed by atoms with E-state index >= 15 is 0 Å². The van der Waals surface area contributed by atoms with E-state index < -0.39 is 16.1 Å². The Labute approximate surface area is 139 Å². The second kappa shape index (κ2) is 6.91. The number of aliphatic hydroxyl groups is 1. The first kappa shape index (κ1) is 18.4. The van der Waals surface area contributed by atoms with Crippen LogP contribution in [0.5, 0.6) is 0 Å². The molecule has 0 radical (unpaired) electrons. The predicted octanol–water partition coefficient (Wildman–Crippen LogP) is 1.93. The van der Waals surface area contributed by atoms with E-state index in [1.807, 2.05) is 27.8 Å². The summed E-state index contributed by atoms with van der Waals surface area (Å²) in [6, 6.07) is 0. The van der Waals surface area contributed by atoms with E-state index in [9.17, 15) is 13.5 Å². The zero-order chi connectivity index (χ0) is 17.3. The van der Waals surface area contributed by atoms with Crippen LogP contribution in [0.1, 0.15) is 52.0 Å². The molecule has 1 saturated heterocycles. The third-order valence-corrected chi connectivity index (χ3v) is 6.33. The lowest BCUT2D eigenvalue weighted by Crippen LogP contribution is -2.43. The lowest BCUT2D eigenvalue weighted by atomic mass is 9.93. The minimum Gasteiger partial charge on any atom is -0.385 e. The van der Waals surface area contributed by atoms with Crippen LogP contribution in [0.2, 0.25) is 0 Å². The molecule has 2 heterocycles. The minimum absolute atomic E-state index is 0.00523. The number of aromatic nitrogens is 2. The Morgan fingerprint density at radius 1 is 1.43 bits per heavy atom. The van der Waals surface area contributed by atoms with E-state index in [1.165, 1.54) is 0 Å². The number of hydrogen-bond donors (Lipinski definition) is 1. The van der Waals surface area contributed by atoms with E-state index in [2.05, 4.69) is 4.98 Å². The monoisotopic (exact) mass is 343 g/mol. The molecule has 0 aliphatic carbocycles. The fourth-order valence-corrected chi connectivity index (χ4v) is 4.88. The molecule has 1 aromatic heterocycles. The standard InChI is InChI=1S/C16H29N3O3S/c1-16(2,3)7-11-23(21,22)19-9-5-6-13(12-19)14(20)15-17-8-10-18(15)4/h8,10,13-14,20H,5-7,9,11-12H2,1-4H3. The highest BCUT2D eigenvalue weighted by molar-refractivity contribution is 7.89. The van der Waals surface area contributed by atoms with Gasteiger partial charge < -0.3 is 9.67 Å². The van der Waals surface area contributed by atoms with Gasteiger partial charge in [-0.3, -0.25) is 0 Å². The third kappa shape index (κ3) is 4.78. The molecular weight excluding hydrogens is 314 g/mol. The maximum atomic E-state index is 12.6. The zero-order valence-electron chi connectivity index (χ0n) is 14.6. The molecule has 2 unspecified atom stereocenters. The van der Waals surface area contributed by atoms with Gasteiger partial charge in [0.25, 0.3) is 0 Å². The molecule has 23 heavy (non-hydrogen) atoms.